The van der Waals surface area contributed by atoms with E-state index < -0.39 is 59.3 Å². The second-order valence-corrected chi connectivity index (χ2v) is 11.7. The van der Waals surface area contributed by atoms with Crippen LogP contribution in [-0.4, -0.2) is 70.7 Å². The molecule has 1 fully saturated rings. The van der Waals surface area contributed by atoms with Crippen molar-refractivity contribution < 1.29 is 31.6 Å². The summed E-state index contributed by atoms with van der Waals surface area (Å²) < 4.78 is 75.8. The van der Waals surface area contributed by atoms with Crippen LogP contribution in [0.4, 0.5) is 23.8 Å². The van der Waals surface area contributed by atoms with E-state index in [9.17, 15) is 22.8 Å². The Morgan fingerprint density at radius 3 is 2.49 bits per heavy atom. The van der Waals surface area contributed by atoms with Crippen LogP contribution in [0.3, 0.4) is 0 Å². The maximum absolute atomic E-state index is 14.1. The molecule has 1 aromatic carbocycles. The highest BCUT2D eigenvalue weighted by Crippen LogP contribution is 2.48. The molecule has 3 atom stereocenters. The number of halogens is 4. The van der Waals surface area contributed by atoms with Crippen LogP contribution >= 0.6 is 23.4 Å². The van der Waals surface area contributed by atoms with E-state index in [2.05, 4.69) is 4.98 Å². The molecule has 4 rings (SSSR count). The Labute approximate surface area is 226 Å². The smallest absolute Gasteiger partial charge is 0.417 e. The van der Waals surface area contributed by atoms with Crippen molar-refractivity contribution in [3.8, 4) is 0 Å². The molecule has 1 saturated heterocycles. The van der Waals surface area contributed by atoms with Crippen molar-refractivity contribution in [3.63, 3.8) is 0 Å². The maximum Gasteiger partial charge on any atom is 0.417 e. The van der Waals surface area contributed by atoms with Gasteiger partial charge in [0.05, 0.1) is 49.8 Å². The number of ether oxygens (including phenoxy) is 2. The molecule has 37 heavy (non-hydrogen) atoms. The third-order valence-corrected chi connectivity index (χ3v) is 8.02. The van der Waals surface area contributed by atoms with Crippen LogP contribution < -0.4 is 10.6 Å². The minimum absolute atomic E-state index is 0.0280. The predicted octanol–water partition coefficient (Wildman–Crippen LogP) is 5.20. The number of piperazine rings is 1. The average Bonchev–Trinajstić information content (AvgIpc) is 2.78. The molecule has 2 aliphatic heterocycles. The van der Waals surface area contributed by atoms with E-state index in [4.69, 9.17) is 25.2 Å². The quantitative estimate of drug-likeness (QED) is 0.506. The van der Waals surface area contributed by atoms with Crippen molar-refractivity contribution in [2.24, 2.45) is 0 Å². The molecule has 8 nitrogen and oxygen atoms in total. The highest BCUT2D eigenvalue weighted by molar-refractivity contribution is 7.99. The number of carbonyl (C=O) groups is 1. The number of alkyl halides is 3. The van der Waals surface area contributed by atoms with E-state index in [0.29, 0.717) is 0 Å². The van der Waals surface area contributed by atoms with Gasteiger partial charge in [-0.05, 0) is 40.7 Å². The largest absolute Gasteiger partial charge is 0.444 e. The number of nitrogens with zero attached hydrogens (tertiary/aromatic N) is 4. The van der Waals surface area contributed by atoms with Gasteiger partial charge >= 0.3 is 18.0 Å². The van der Waals surface area contributed by atoms with Crippen LogP contribution in [0.1, 0.15) is 50.3 Å². The zero-order chi connectivity index (χ0) is 29.9. The number of rotatable bonds is 3. The molecule has 1 aromatic heterocycles. The highest BCUT2D eigenvalue weighted by Gasteiger charge is 2.40. The Bertz CT molecular complexity index is 1370. The third kappa shape index (κ3) is 5.24. The molecular formula is C24H30ClF3N4O4S. The van der Waals surface area contributed by atoms with Gasteiger partial charge in [-0.15, -0.1) is 11.8 Å². The minimum atomic E-state index is -4.78. The summed E-state index contributed by atoms with van der Waals surface area (Å²) in [5, 5.41) is -0.496. The Morgan fingerprint density at radius 1 is 1.27 bits per heavy atom. The lowest BCUT2D eigenvalue weighted by Crippen LogP contribution is -2.60. The summed E-state index contributed by atoms with van der Waals surface area (Å²) in [7, 11) is -2.72. The molecule has 13 heteroatoms. The second-order valence-electron chi connectivity index (χ2n) is 10.3. The molecule has 0 aliphatic carbocycles. The summed E-state index contributed by atoms with van der Waals surface area (Å²) in [6.07, 6.45) is -5.30. The number of hydrogen-bond acceptors (Lipinski definition) is 7. The number of amides is 1. The van der Waals surface area contributed by atoms with Gasteiger partial charge in [-0.3, -0.25) is 9.47 Å². The fraction of sp³-hybridized carbons (Fsp3) is 0.625. The van der Waals surface area contributed by atoms with Crippen LogP contribution in [0, 0.1) is 0 Å². The maximum atomic E-state index is 14.1. The van der Waals surface area contributed by atoms with Crippen molar-refractivity contribution in [1.29, 1.82) is 0 Å². The summed E-state index contributed by atoms with van der Waals surface area (Å²) in [5.41, 5.74) is -2.42. The molecule has 0 saturated carbocycles. The SMILES string of the molecule is [2H]C([2H])([2H])OC[C@H]1CSc2c(Cl)c(C(F)(F)F)cc3c(N4C[C@@H](C)N(C(=O)OC(C)(C)C)[C@@H](C)C4)nc(=O)n1c23. The molecule has 0 radical (unpaired) electrons. The third-order valence-electron chi connectivity index (χ3n) is 6.27. The number of aromatic nitrogens is 2. The first-order valence-electron chi connectivity index (χ1n) is 13.2. The van der Waals surface area contributed by atoms with Crippen molar-refractivity contribution in [2.45, 2.75) is 69.4 Å². The lowest BCUT2D eigenvalue weighted by molar-refractivity contribution is -0.137. The fourth-order valence-corrected chi connectivity index (χ4v) is 6.50. The van der Waals surface area contributed by atoms with Crippen LogP contribution in [0.15, 0.2) is 15.8 Å². The van der Waals surface area contributed by atoms with Crippen LogP contribution in [0.25, 0.3) is 10.9 Å². The topological polar surface area (TPSA) is 76.9 Å². The average molecular weight is 566 g/mol. The number of carbonyl (C=O) groups excluding carboxylic acids is 1. The molecule has 0 unspecified atom stereocenters. The lowest BCUT2D eigenvalue weighted by atomic mass is 10.1. The van der Waals surface area contributed by atoms with Gasteiger partial charge in [-0.25, -0.2) is 9.59 Å². The van der Waals surface area contributed by atoms with E-state index in [1.165, 1.54) is 4.57 Å². The summed E-state index contributed by atoms with van der Waals surface area (Å²) >= 11 is 7.25. The lowest BCUT2D eigenvalue weighted by Gasteiger charge is -2.45. The first-order valence-corrected chi connectivity index (χ1v) is 13.0. The van der Waals surface area contributed by atoms with Gasteiger partial charge in [-0.1, -0.05) is 11.6 Å². The predicted molar refractivity (Wildman–Crippen MR) is 137 cm³/mol. The van der Waals surface area contributed by atoms with Crippen LogP contribution in [0.2, 0.25) is 5.02 Å². The zero-order valence-corrected chi connectivity index (χ0v) is 22.6. The van der Waals surface area contributed by atoms with Gasteiger partial charge in [0.1, 0.15) is 11.4 Å². The number of benzene rings is 1. The van der Waals surface area contributed by atoms with Crippen molar-refractivity contribution in [2.75, 3.05) is 37.4 Å². The summed E-state index contributed by atoms with van der Waals surface area (Å²) in [4.78, 5) is 33.8. The Morgan fingerprint density at radius 2 is 1.92 bits per heavy atom. The van der Waals surface area contributed by atoms with E-state index in [-0.39, 0.29) is 47.1 Å². The molecule has 1 amide bonds. The number of methoxy groups -OCH3 is 1. The minimum Gasteiger partial charge on any atom is -0.444 e. The number of thioether (sulfide) groups is 1. The zero-order valence-electron chi connectivity index (χ0n) is 24.0. The Balaban J connectivity index is 1.84. The standard InChI is InChI=1S/C24H30ClF3N4O4S/c1-12-8-30(9-13(2)31(12)22(34)36-23(3,4)5)20-15-7-16(24(26,27)28)17(25)19-18(15)32(21(33)29-20)14(10-35-6)11-37-19/h7,12-14H,8-11H2,1-6H3/t12-,13+,14-/m0/s1/i6D3. The molecule has 2 aromatic rings. The summed E-state index contributed by atoms with van der Waals surface area (Å²) in [5.74, 6) is 0.0863. The van der Waals surface area contributed by atoms with E-state index in [0.717, 1.165) is 17.8 Å². The van der Waals surface area contributed by atoms with Gasteiger partial charge < -0.3 is 14.4 Å². The number of hydrogen-bond donors (Lipinski definition) is 0. The van der Waals surface area contributed by atoms with E-state index in [1.54, 1.807) is 44.4 Å². The molecule has 204 valence electrons. The van der Waals surface area contributed by atoms with Crippen molar-refractivity contribution in [3.05, 3.63) is 27.1 Å². The van der Waals surface area contributed by atoms with E-state index in [1.807, 2.05) is 0 Å². The van der Waals surface area contributed by atoms with Crippen molar-refractivity contribution >= 4 is 46.2 Å². The second kappa shape index (κ2) is 9.85. The first-order chi connectivity index (χ1) is 18.3. The van der Waals surface area contributed by atoms with Gasteiger partial charge in [0.15, 0.2) is 0 Å². The molecular weight excluding hydrogens is 533 g/mol. The van der Waals surface area contributed by atoms with Gasteiger partial charge in [0, 0.05) is 31.3 Å². The van der Waals surface area contributed by atoms with Crippen LogP contribution in [-0.2, 0) is 15.7 Å². The monoisotopic (exact) mass is 565 g/mol. The molecule has 0 bridgehead atoms. The first kappa shape index (κ1) is 23.9. The van der Waals surface area contributed by atoms with Crippen LogP contribution in [0.5, 0.6) is 0 Å². The fourth-order valence-electron chi connectivity index (χ4n) is 4.90. The number of anilines is 1. The van der Waals surface area contributed by atoms with Gasteiger partial charge in [-0.2, -0.15) is 18.2 Å². The normalized spacial score (nSPS) is 24.0. The molecule has 0 N–H and O–H groups in total. The molecule has 0 spiro atoms. The van der Waals surface area contributed by atoms with E-state index >= 15 is 0 Å². The highest BCUT2D eigenvalue weighted by atomic mass is 35.5. The molecule has 3 heterocycles. The molecule has 2 aliphatic rings. The van der Waals surface area contributed by atoms with Crippen molar-refractivity contribution in [1.82, 2.24) is 14.5 Å². The summed E-state index contributed by atoms with van der Waals surface area (Å²) in [6.45, 7) is 8.78. The Hall–Kier alpha value is -2.18. The summed E-state index contributed by atoms with van der Waals surface area (Å²) in [6, 6.07) is -0.768. The Kier molecular flexibility index (Phi) is 6.36. The van der Waals surface area contributed by atoms with Gasteiger partial charge in [0.25, 0.3) is 0 Å². The van der Waals surface area contributed by atoms with Gasteiger partial charge in [0.2, 0.25) is 0 Å².